The summed E-state index contributed by atoms with van der Waals surface area (Å²) in [5.41, 5.74) is 2.61. The van der Waals surface area contributed by atoms with Crippen molar-refractivity contribution in [2.24, 2.45) is 0 Å². The molecule has 28 heavy (non-hydrogen) atoms. The number of hydrogen-bond acceptors (Lipinski definition) is 6. The highest BCUT2D eigenvalue weighted by Gasteiger charge is 2.15. The van der Waals surface area contributed by atoms with Crippen LogP contribution in [0.5, 0.6) is 23.0 Å². The van der Waals surface area contributed by atoms with E-state index in [1.807, 2.05) is 48.7 Å². The summed E-state index contributed by atoms with van der Waals surface area (Å²) in [6.45, 7) is 2.55. The number of aryl methyl sites for hydroxylation is 1. The summed E-state index contributed by atoms with van der Waals surface area (Å²) in [4.78, 5) is 13.2. The topological polar surface area (TPSA) is 66.0 Å². The van der Waals surface area contributed by atoms with E-state index in [4.69, 9.17) is 18.9 Å². The third-order valence-corrected chi connectivity index (χ3v) is 5.21. The van der Waals surface area contributed by atoms with Gasteiger partial charge in [-0.2, -0.15) is 0 Å². The van der Waals surface area contributed by atoms with Crippen LogP contribution in [-0.2, 0) is 6.61 Å². The van der Waals surface area contributed by atoms with Crippen molar-refractivity contribution in [2.75, 3.05) is 19.2 Å². The number of anilines is 1. The minimum absolute atomic E-state index is 0.178. The van der Waals surface area contributed by atoms with Gasteiger partial charge in [0, 0.05) is 11.6 Å². The van der Waals surface area contributed by atoms with E-state index >= 15 is 0 Å². The van der Waals surface area contributed by atoms with Gasteiger partial charge in [0.15, 0.2) is 11.5 Å². The van der Waals surface area contributed by atoms with Crippen LogP contribution >= 0.6 is 11.3 Å². The van der Waals surface area contributed by atoms with E-state index in [0.29, 0.717) is 40.2 Å². The normalized spacial score (nSPS) is 11.9. The third kappa shape index (κ3) is 3.89. The quantitative estimate of drug-likeness (QED) is 0.657. The Kier molecular flexibility index (Phi) is 5.08. The first-order valence-electron chi connectivity index (χ1n) is 8.68. The van der Waals surface area contributed by atoms with Crippen molar-refractivity contribution in [2.45, 2.75) is 13.5 Å². The fourth-order valence-electron chi connectivity index (χ4n) is 2.81. The lowest BCUT2D eigenvalue weighted by Crippen LogP contribution is -2.11. The standard InChI is InChI=1S/C21H19NO5S/c1-13-3-5-17(24-2)16(7-13)22-21(23)20-8-14(11-28-20)10-25-15-4-6-18-19(9-15)27-12-26-18/h3-9,11H,10,12H2,1-2H3,(H,22,23). The Balaban J connectivity index is 1.40. The lowest BCUT2D eigenvalue weighted by molar-refractivity contribution is 0.103. The van der Waals surface area contributed by atoms with Gasteiger partial charge in [-0.05, 0) is 48.2 Å². The van der Waals surface area contributed by atoms with E-state index in [9.17, 15) is 4.79 Å². The molecule has 2 heterocycles. The van der Waals surface area contributed by atoms with Crippen molar-refractivity contribution in [1.29, 1.82) is 0 Å². The second-order valence-corrected chi connectivity index (χ2v) is 7.19. The molecule has 0 bridgehead atoms. The van der Waals surface area contributed by atoms with Gasteiger partial charge in [0.05, 0.1) is 17.7 Å². The highest BCUT2D eigenvalue weighted by Crippen LogP contribution is 2.35. The molecule has 3 aromatic rings. The first-order valence-corrected chi connectivity index (χ1v) is 9.56. The van der Waals surface area contributed by atoms with Crippen LogP contribution in [0.15, 0.2) is 47.8 Å². The van der Waals surface area contributed by atoms with E-state index in [1.54, 1.807) is 13.2 Å². The van der Waals surface area contributed by atoms with Crippen molar-refractivity contribution in [3.8, 4) is 23.0 Å². The molecule has 1 aliphatic rings. The van der Waals surface area contributed by atoms with Crippen LogP contribution in [0.3, 0.4) is 0 Å². The van der Waals surface area contributed by atoms with Crippen LogP contribution in [0.25, 0.3) is 0 Å². The molecule has 4 rings (SSSR count). The summed E-state index contributed by atoms with van der Waals surface area (Å²) in [6, 6.07) is 12.9. The Labute approximate surface area is 166 Å². The van der Waals surface area contributed by atoms with Gasteiger partial charge in [0.1, 0.15) is 18.1 Å². The molecule has 1 aliphatic heterocycles. The predicted octanol–water partition coefficient (Wildman–Crippen LogP) is 4.63. The largest absolute Gasteiger partial charge is 0.495 e. The zero-order valence-electron chi connectivity index (χ0n) is 15.5. The molecule has 0 atom stereocenters. The number of benzene rings is 2. The molecule has 0 unspecified atom stereocenters. The second kappa shape index (κ2) is 7.82. The molecule has 0 radical (unpaired) electrons. The summed E-state index contributed by atoms with van der Waals surface area (Å²) >= 11 is 1.37. The Morgan fingerprint density at radius 2 is 2.00 bits per heavy atom. The monoisotopic (exact) mass is 397 g/mol. The summed E-state index contributed by atoms with van der Waals surface area (Å²) in [5, 5.41) is 4.82. The SMILES string of the molecule is COc1ccc(C)cc1NC(=O)c1cc(COc2ccc3c(c2)OCO3)cs1. The Hall–Kier alpha value is -3.19. The van der Waals surface area contributed by atoms with Crippen LogP contribution in [0, 0.1) is 6.92 Å². The molecule has 0 saturated carbocycles. The number of ether oxygens (including phenoxy) is 4. The minimum atomic E-state index is -0.178. The first-order chi connectivity index (χ1) is 13.6. The molecule has 7 heteroatoms. The molecule has 0 fully saturated rings. The second-order valence-electron chi connectivity index (χ2n) is 6.28. The van der Waals surface area contributed by atoms with Gasteiger partial charge < -0.3 is 24.3 Å². The molecule has 1 amide bonds. The highest BCUT2D eigenvalue weighted by molar-refractivity contribution is 7.12. The number of carbonyl (C=O) groups excluding carboxylic acids is 1. The number of hydrogen-bond donors (Lipinski definition) is 1. The van der Waals surface area contributed by atoms with Crippen LogP contribution in [0.4, 0.5) is 5.69 Å². The van der Waals surface area contributed by atoms with Crippen molar-refractivity contribution < 1.29 is 23.7 Å². The van der Waals surface area contributed by atoms with Gasteiger partial charge in [-0.25, -0.2) is 0 Å². The maximum atomic E-state index is 12.6. The molecule has 1 aromatic heterocycles. The maximum absolute atomic E-state index is 12.6. The average molecular weight is 397 g/mol. The van der Waals surface area contributed by atoms with Crippen molar-refractivity contribution in [3.05, 3.63) is 63.8 Å². The molecular formula is C21H19NO5S. The lowest BCUT2D eigenvalue weighted by atomic mass is 10.2. The molecule has 0 aliphatic carbocycles. The van der Waals surface area contributed by atoms with Gasteiger partial charge >= 0.3 is 0 Å². The predicted molar refractivity (Wildman–Crippen MR) is 107 cm³/mol. The lowest BCUT2D eigenvalue weighted by Gasteiger charge is -2.10. The van der Waals surface area contributed by atoms with Crippen LogP contribution in [0.1, 0.15) is 20.8 Å². The van der Waals surface area contributed by atoms with Crippen LogP contribution < -0.4 is 24.3 Å². The number of rotatable bonds is 6. The summed E-state index contributed by atoms with van der Waals surface area (Å²) < 4.78 is 21.7. The van der Waals surface area contributed by atoms with Gasteiger partial charge in [0.2, 0.25) is 6.79 Å². The van der Waals surface area contributed by atoms with E-state index in [0.717, 1.165) is 11.1 Å². The Morgan fingerprint density at radius 1 is 1.14 bits per heavy atom. The molecule has 144 valence electrons. The van der Waals surface area contributed by atoms with Gasteiger partial charge in [0.25, 0.3) is 5.91 Å². The van der Waals surface area contributed by atoms with E-state index < -0.39 is 0 Å². The van der Waals surface area contributed by atoms with Crippen LogP contribution in [-0.4, -0.2) is 19.8 Å². The fourth-order valence-corrected chi connectivity index (χ4v) is 3.60. The molecule has 0 spiro atoms. The average Bonchev–Trinajstić information content (AvgIpc) is 3.35. The molecule has 0 saturated heterocycles. The van der Waals surface area contributed by atoms with E-state index in [-0.39, 0.29) is 12.7 Å². The number of fused-ring (bicyclic) bond motifs is 1. The molecule has 6 nitrogen and oxygen atoms in total. The maximum Gasteiger partial charge on any atom is 0.265 e. The fraction of sp³-hybridized carbons (Fsp3) is 0.190. The molecule has 2 aromatic carbocycles. The number of carbonyl (C=O) groups is 1. The van der Waals surface area contributed by atoms with Crippen molar-refractivity contribution in [1.82, 2.24) is 0 Å². The zero-order chi connectivity index (χ0) is 19.5. The smallest absolute Gasteiger partial charge is 0.265 e. The number of methoxy groups -OCH3 is 1. The Bertz CT molecular complexity index is 1010. The zero-order valence-corrected chi connectivity index (χ0v) is 16.3. The van der Waals surface area contributed by atoms with Crippen molar-refractivity contribution >= 4 is 22.9 Å². The van der Waals surface area contributed by atoms with Gasteiger partial charge in [-0.15, -0.1) is 11.3 Å². The van der Waals surface area contributed by atoms with Gasteiger partial charge in [-0.1, -0.05) is 6.07 Å². The number of amides is 1. The van der Waals surface area contributed by atoms with E-state index in [2.05, 4.69) is 5.32 Å². The van der Waals surface area contributed by atoms with Gasteiger partial charge in [-0.3, -0.25) is 4.79 Å². The van der Waals surface area contributed by atoms with E-state index in [1.165, 1.54) is 11.3 Å². The molecular weight excluding hydrogens is 378 g/mol. The first kappa shape index (κ1) is 18.2. The summed E-state index contributed by atoms with van der Waals surface area (Å²) in [5.74, 6) is 2.53. The minimum Gasteiger partial charge on any atom is -0.495 e. The molecule has 1 N–H and O–H groups in total. The third-order valence-electron chi connectivity index (χ3n) is 4.23. The van der Waals surface area contributed by atoms with Crippen LogP contribution in [0.2, 0.25) is 0 Å². The summed E-state index contributed by atoms with van der Waals surface area (Å²) in [7, 11) is 1.58. The number of thiophene rings is 1. The Morgan fingerprint density at radius 3 is 2.86 bits per heavy atom. The summed E-state index contributed by atoms with van der Waals surface area (Å²) in [6.07, 6.45) is 0. The van der Waals surface area contributed by atoms with Crippen molar-refractivity contribution in [3.63, 3.8) is 0 Å². The highest BCUT2D eigenvalue weighted by atomic mass is 32.1. The number of nitrogens with one attached hydrogen (secondary N) is 1.